The highest BCUT2D eigenvalue weighted by atomic mass is 32.2. The Morgan fingerprint density at radius 2 is 1.92 bits per heavy atom. The Balaban J connectivity index is 2.01. The fraction of sp³-hybridized carbons (Fsp3) is 0.316. The van der Waals surface area contributed by atoms with Gasteiger partial charge in [0.2, 0.25) is 0 Å². The Bertz CT molecular complexity index is 1030. The number of ketones is 1. The van der Waals surface area contributed by atoms with Crippen LogP contribution in [0.15, 0.2) is 45.4 Å². The molecule has 1 heterocycles. The van der Waals surface area contributed by atoms with Crippen molar-refractivity contribution in [3.05, 3.63) is 46.7 Å². The van der Waals surface area contributed by atoms with Crippen LogP contribution in [-0.4, -0.2) is 51.1 Å². The van der Waals surface area contributed by atoms with Crippen LogP contribution in [-0.2, 0) is 25.8 Å². The molecule has 1 aromatic rings. The maximum absolute atomic E-state index is 12.4. The van der Waals surface area contributed by atoms with E-state index in [4.69, 9.17) is 0 Å². The van der Waals surface area contributed by atoms with Crippen molar-refractivity contribution in [3.63, 3.8) is 0 Å². The van der Waals surface area contributed by atoms with E-state index in [-0.39, 0.29) is 23.0 Å². The third kappa shape index (κ3) is 3.26. The number of sulfone groups is 1. The van der Waals surface area contributed by atoms with Crippen molar-refractivity contribution in [3.8, 4) is 0 Å². The fourth-order valence-electron chi connectivity index (χ4n) is 3.09. The topological polar surface area (TPSA) is 83.9 Å². The van der Waals surface area contributed by atoms with Crippen molar-refractivity contribution < 1.29 is 18.0 Å². The lowest BCUT2D eigenvalue weighted by Gasteiger charge is -2.09. The van der Waals surface area contributed by atoms with Gasteiger partial charge in [-0.1, -0.05) is 6.07 Å². The lowest BCUT2D eigenvalue weighted by molar-refractivity contribution is -0.124. The number of hydrogen-bond donors (Lipinski definition) is 0. The molecule has 0 unspecified atom stereocenters. The summed E-state index contributed by atoms with van der Waals surface area (Å²) in [6.07, 6.45) is 3.56. The van der Waals surface area contributed by atoms with Gasteiger partial charge in [0.15, 0.2) is 15.6 Å². The molecular formula is C19H20N2O4S. The zero-order valence-corrected chi connectivity index (χ0v) is 16.0. The average molecular weight is 372 g/mol. The lowest BCUT2D eigenvalue weighted by atomic mass is 10.0. The van der Waals surface area contributed by atoms with Gasteiger partial charge in [0.25, 0.3) is 5.91 Å². The normalized spacial score (nSPS) is 18.4. The molecule has 3 rings (SSSR count). The largest absolute Gasteiger partial charge is 0.343 e. The number of allylic oxidation sites excluding steroid dienone is 3. The minimum Gasteiger partial charge on any atom is -0.343 e. The van der Waals surface area contributed by atoms with E-state index in [2.05, 4.69) is 4.99 Å². The minimum absolute atomic E-state index is 0.0709. The van der Waals surface area contributed by atoms with Gasteiger partial charge in [-0.15, -0.1) is 0 Å². The van der Waals surface area contributed by atoms with Crippen LogP contribution in [0.4, 0.5) is 0 Å². The molecule has 1 aliphatic carbocycles. The van der Waals surface area contributed by atoms with E-state index in [1.54, 1.807) is 32.3 Å². The number of benzene rings is 1. The van der Waals surface area contributed by atoms with Crippen LogP contribution in [0.2, 0.25) is 0 Å². The van der Waals surface area contributed by atoms with E-state index in [1.807, 2.05) is 6.92 Å². The van der Waals surface area contributed by atoms with Crippen molar-refractivity contribution in [1.29, 1.82) is 0 Å². The molecule has 6 nitrogen and oxygen atoms in total. The van der Waals surface area contributed by atoms with Gasteiger partial charge in [-0.25, -0.2) is 13.4 Å². The number of Topliss-reactive ketones (excluding diaryl/α,β-unsaturated/α-hetero) is 1. The number of likely N-dealkylation sites (N-methyl/N-ethyl adjacent to an activating group) is 1. The highest BCUT2D eigenvalue weighted by Gasteiger charge is 2.28. The van der Waals surface area contributed by atoms with Gasteiger partial charge < -0.3 is 4.90 Å². The fourth-order valence-corrected chi connectivity index (χ4v) is 3.74. The Morgan fingerprint density at radius 3 is 2.54 bits per heavy atom. The lowest BCUT2D eigenvalue weighted by Crippen LogP contribution is -2.22. The molecule has 1 aromatic carbocycles. The number of carbonyl (C=O) groups is 2. The first-order valence-electron chi connectivity index (χ1n) is 8.15. The predicted molar refractivity (Wildman–Crippen MR) is 99.7 cm³/mol. The summed E-state index contributed by atoms with van der Waals surface area (Å²) in [7, 11) is -0.0286. The highest BCUT2D eigenvalue weighted by molar-refractivity contribution is 7.90. The second kappa shape index (κ2) is 6.32. The number of carbonyl (C=O) groups excluding carboxylic acids is 2. The van der Waals surface area contributed by atoms with Crippen molar-refractivity contribution >= 4 is 32.8 Å². The highest BCUT2D eigenvalue weighted by Crippen LogP contribution is 2.33. The number of amides is 1. The molecule has 26 heavy (non-hydrogen) atoms. The maximum Gasteiger partial charge on any atom is 0.271 e. The number of nitrogens with zero attached hydrogens (tertiary/aromatic N) is 2. The average Bonchev–Trinajstić information content (AvgIpc) is 3.05. The van der Waals surface area contributed by atoms with E-state index in [1.165, 1.54) is 11.0 Å². The zero-order valence-electron chi connectivity index (χ0n) is 15.2. The Morgan fingerprint density at radius 1 is 1.23 bits per heavy atom. The smallest absolute Gasteiger partial charge is 0.271 e. The molecule has 0 saturated carbocycles. The molecule has 0 N–H and O–H groups in total. The van der Waals surface area contributed by atoms with Crippen LogP contribution in [0.3, 0.4) is 0 Å². The molecule has 7 heteroatoms. The van der Waals surface area contributed by atoms with Crippen LogP contribution in [0, 0.1) is 0 Å². The monoisotopic (exact) mass is 372 g/mol. The first kappa shape index (κ1) is 18.3. The van der Waals surface area contributed by atoms with Crippen LogP contribution in [0.5, 0.6) is 0 Å². The molecule has 0 aromatic heterocycles. The summed E-state index contributed by atoms with van der Waals surface area (Å²) in [5, 5.41) is 0. The van der Waals surface area contributed by atoms with Crippen LogP contribution < -0.4 is 0 Å². The van der Waals surface area contributed by atoms with Gasteiger partial charge in [-0.2, -0.15) is 0 Å². The Labute approximate surface area is 152 Å². The second-order valence-corrected chi connectivity index (χ2v) is 8.87. The van der Waals surface area contributed by atoms with Gasteiger partial charge in [0.1, 0.15) is 5.70 Å². The molecule has 1 aliphatic heterocycles. The molecular weight excluding hydrogens is 352 g/mol. The van der Waals surface area contributed by atoms with Crippen molar-refractivity contribution in [2.75, 3.05) is 20.4 Å². The molecule has 136 valence electrons. The summed E-state index contributed by atoms with van der Waals surface area (Å²) in [6, 6.07) is 4.76. The maximum atomic E-state index is 12.4. The predicted octanol–water partition coefficient (Wildman–Crippen LogP) is 1.81. The molecule has 1 amide bonds. The Kier molecular flexibility index (Phi) is 4.44. The summed E-state index contributed by atoms with van der Waals surface area (Å²) in [5.41, 5.74) is 3.78. The molecule has 2 aliphatic rings. The number of fused-ring (bicyclic) bond motifs is 1. The molecule has 0 fully saturated rings. The molecule has 0 spiro atoms. The molecule has 0 radical (unpaired) electrons. The van der Waals surface area contributed by atoms with Gasteiger partial charge >= 0.3 is 0 Å². The summed E-state index contributed by atoms with van der Waals surface area (Å²) in [4.78, 5) is 30.6. The first-order valence-corrected chi connectivity index (χ1v) is 10.0. The first-order chi connectivity index (χ1) is 12.1. The minimum atomic E-state index is -3.36. The summed E-state index contributed by atoms with van der Waals surface area (Å²) in [6.45, 7) is 1.85. The third-order valence-electron chi connectivity index (χ3n) is 4.48. The molecule has 0 bridgehead atoms. The van der Waals surface area contributed by atoms with E-state index in [0.717, 1.165) is 17.4 Å². The van der Waals surface area contributed by atoms with E-state index < -0.39 is 9.84 Å². The molecule has 0 saturated heterocycles. The van der Waals surface area contributed by atoms with Crippen LogP contribution in [0.1, 0.15) is 24.5 Å². The second-order valence-electron chi connectivity index (χ2n) is 6.86. The van der Waals surface area contributed by atoms with E-state index in [0.29, 0.717) is 29.0 Å². The van der Waals surface area contributed by atoms with Crippen LogP contribution >= 0.6 is 0 Å². The van der Waals surface area contributed by atoms with E-state index >= 15 is 0 Å². The quantitative estimate of drug-likeness (QED) is 0.758. The third-order valence-corrected chi connectivity index (χ3v) is 5.59. The standard InChI is InChI=1S/C19H20N2O4S/c1-11-7-13(20-18(11)19(23)21(2)3)9-16-15-10-14(26(4,24)25)6-5-12(15)8-17(16)22/h5-6,9-10H,7-8H2,1-4H3/b16-9-. The van der Waals surface area contributed by atoms with Crippen molar-refractivity contribution in [2.45, 2.75) is 24.7 Å². The van der Waals surface area contributed by atoms with Gasteiger partial charge in [0.05, 0.1) is 4.90 Å². The van der Waals surface area contributed by atoms with Crippen molar-refractivity contribution in [1.82, 2.24) is 4.90 Å². The zero-order chi connectivity index (χ0) is 19.2. The van der Waals surface area contributed by atoms with Crippen LogP contribution in [0.25, 0.3) is 5.57 Å². The summed E-state index contributed by atoms with van der Waals surface area (Å²) >= 11 is 0. The number of hydrogen-bond acceptors (Lipinski definition) is 5. The summed E-state index contributed by atoms with van der Waals surface area (Å²) in [5.74, 6) is -0.244. The molecule has 0 atom stereocenters. The van der Waals surface area contributed by atoms with Gasteiger partial charge in [-0.05, 0) is 41.8 Å². The SMILES string of the molecule is CC1=C(C(=O)N(C)C)N=C(/C=C2\C(=O)Cc3ccc(S(C)(=O)=O)cc32)C1. The summed E-state index contributed by atoms with van der Waals surface area (Å²) < 4.78 is 23.6. The Hall–Kier alpha value is -2.54. The van der Waals surface area contributed by atoms with Crippen molar-refractivity contribution in [2.24, 2.45) is 4.99 Å². The number of aliphatic imine (C=N–C) groups is 1. The number of rotatable bonds is 3. The van der Waals surface area contributed by atoms with Gasteiger partial charge in [0, 0.05) is 44.5 Å². The van der Waals surface area contributed by atoms with Gasteiger partial charge in [-0.3, -0.25) is 9.59 Å². The van der Waals surface area contributed by atoms with E-state index in [9.17, 15) is 18.0 Å².